The van der Waals surface area contributed by atoms with Gasteiger partial charge in [-0.15, -0.1) is 0 Å². The summed E-state index contributed by atoms with van der Waals surface area (Å²) in [6, 6.07) is -0.909. The van der Waals surface area contributed by atoms with Gasteiger partial charge in [-0.25, -0.2) is 0 Å². The molecule has 0 aromatic heterocycles. The average Bonchev–Trinajstić information content (AvgIpc) is 3.32. The minimum Gasteiger partial charge on any atom is -0.756 e. The van der Waals surface area contributed by atoms with Crippen molar-refractivity contribution in [3.8, 4) is 0 Å². The number of aliphatic hydroxyl groups excluding tert-OH is 1. The van der Waals surface area contributed by atoms with Crippen LogP contribution >= 0.6 is 7.82 Å². The minimum atomic E-state index is -4.61. The molecular formula is C61H107N2O6P. The molecule has 0 aromatic carbocycles. The van der Waals surface area contributed by atoms with Crippen molar-refractivity contribution >= 4 is 13.7 Å². The number of unbranched alkanes of at least 4 members (excludes halogenated alkanes) is 21. The summed E-state index contributed by atoms with van der Waals surface area (Å²) in [7, 11) is 1.23. The van der Waals surface area contributed by atoms with Gasteiger partial charge >= 0.3 is 0 Å². The second kappa shape index (κ2) is 51.1. The second-order valence-electron chi connectivity index (χ2n) is 19.9. The Kier molecular flexibility index (Phi) is 49.0. The summed E-state index contributed by atoms with van der Waals surface area (Å²) in [4.78, 5) is 25.4. The maximum Gasteiger partial charge on any atom is 0.268 e. The molecule has 0 radical (unpaired) electrons. The van der Waals surface area contributed by atoms with Crippen LogP contribution in [0.15, 0.2) is 109 Å². The molecule has 402 valence electrons. The van der Waals surface area contributed by atoms with Gasteiger partial charge in [0.15, 0.2) is 0 Å². The molecule has 0 heterocycles. The first-order valence-corrected chi connectivity index (χ1v) is 29.7. The Morgan fingerprint density at radius 1 is 0.514 bits per heavy atom. The molecule has 2 N–H and O–H groups in total. The number of hydrogen-bond acceptors (Lipinski definition) is 6. The van der Waals surface area contributed by atoms with E-state index in [1.54, 1.807) is 6.08 Å². The fourth-order valence-corrected chi connectivity index (χ4v) is 8.28. The first-order valence-electron chi connectivity index (χ1n) is 28.2. The number of allylic oxidation sites excluding steroid dienone is 17. The van der Waals surface area contributed by atoms with Gasteiger partial charge in [0, 0.05) is 6.42 Å². The van der Waals surface area contributed by atoms with Gasteiger partial charge in [0.2, 0.25) is 5.91 Å². The van der Waals surface area contributed by atoms with Crippen molar-refractivity contribution in [2.24, 2.45) is 0 Å². The van der Waals surface area contributed by atoms with Crippen molar-refractivity contribution in [3.05, 3.63) is 109 Å². The van der Waals surface area contributed by atoms with Crippen LogP contribution in [0, 0.1) is 0 Å². The molecule has 1 amide bonds. The third-order valence-electron chi connectivity index (χ3n) is 12.0. The number of phosphoric ester groups is 1. The Bertz CT molecular complexity index is 1500. The van der Waals surface area contributed by atoms with Crippen LogP contribution in [0.4, 0.5) is 0 Å². The number of aliphatic hydroxyl groups is 1. The SMILES string of the molecule is CC/C=C\C/C=C\C/C=C\C/C=C\C/C=C\C/C=C\C/C=C\CCCCCCCCCCCCCCCC(=O)NC(COP(=O)([O-])OCC[N+](C)(C)C)C(O)/C=C/CC/C=C/CCCCCCCCC. The van der Waals surface area contributed by atoms with Gasteiger partial charge in [-0.1, -0.05) is 232 Å². The lowest BCUT2D eigenvalue weighted by Gasteiger charge is -2.29. The summed E-state index contributed by atoms with van der Waals surface area (Å²) in [6.45, 7) is 4.49. The Hall–Kier alpha value is -2.84. The highest BCUT2D eigenvalue weighted by Gasteiger charge is 2.23. The molecule has 3 atom stereocenters. The molecule has 3 unspecified atom stereocenters. The lowest BCUT2D eigenvalue weighted by atomic mass is 10.0. The molecule has 0 fully saturated rings. The average molecular weight is 996 g/mol. The third-order valence-corrected chi connectivity index (χ3v) is 12.9. The van der Waals surface area contributed by atoms with E-state index in [-0.39, 0.29) is 12.5 Å². The molecule has 0 saturated carbocycles. The number of phosphoric acid groups is 1. The van der Waals surface area contributed by atoms with Gasteiger partial charge in [0.1, 0.15) is 13.2 Å². The van der Waals surface area contributed by atoms with Crippen LogP contribution in [-0.4, -0.2) is 68.5 Å². The maximum atomic E-state index is 12.9. The molecule has 0 bridgehead atoms. The van der Waals surface area contributed by atoms with Gasteiger partial charge in [0.05, 0.1) is 39.9 Å². The minimum absolute atomic E-state index is 0.0109. The molecule has 8 nitrogen and oxygen atoms in total. The number of nitrogens with one attached hydrogen (secondary N) is 1. The molecule has 0 aromatic rings. The molecule has 0 spiro atoms. The van der Waals surface area contributed by atoms with E-state index in [0.29, 0.717) is 17.4 Å². The zero-order valence-corrected chi connectivity index (χ0v) is 46.6. The van der Waals surface area contributed by atoms with Gasteiger partial charge < -0.3 is 28.8 Å². The zero-order valence-electron chi connectivity index (χ0n) is 45.7. The summed E-state index contributed by atoms with van der Waals surface area (Å²) in [6.07, 6.45) is 74.6. The fourth-order valence-electron chi connectivity index (χ4n) is 7.56. The van der Waals surface area contributed by atoms with Gasteiger partial charge in [-0.3, -0.25) is 9.36 Å². The number of rotatable bonds is 50. The quantitative estimate of drug-likeness (QED) is 0.0272. The van der Waals surface area contributed by atoms with Crippen molar-refractivity contribution in [3.63, 3.8) is 0 Å². The van der Waals surface area contributed by atoms with Crippen LogP contribution in [0.1, 0.15) is 219 Å². The van der Waals surface area contributed by atoms with E-state index >= 15 is 0 Å². The molecule has 0 aliphatic carbocycles. The summed E-state index contributed by atoms with van der Waals surface area (Å²) < 4.78 is 23.3. The van der Waals surface area contributed by atoms with E-state index in [1.807, 2.05) is 27.2 Å². The van der Waals surface area contributed by atoms with Crippen molar-refractivity contribution in [1.29, 1.82) is 0 Å². The number of nitrogens with zero attached hydrogens (tertiary/aromatic N) is 1. The largest absolute Gasteiger partial charge is 0.756 e. The van der Waals surface area contributed by atoms with Crippen molar-refractivity contribution in [1.82, 2.24) is 5.32 Å². The van der Waals surface area contributed by atoms with E-state index in [1.165, 1.54) is 116 Å². The fraction of sp³-hybridized carbons (Fsp3) is 0.689. The summed E-state index contributed by atoms with van der Waals surface area (Å²) >= 11 is 0. The third kappa shape index (κ3) is 53.0. The van der Waals surface area contributed by atoms with Crippen LogP contribution in [0.5, 0.6) is 0 Å². The van der Waals surface area contributed by atoms with Crippen LogP contribution in [0.3, 0.4) is 0 Å². The normalized spacial score (nSPS) is 14.8. The van der Waals surface area contributed by atoms with E-state index in [9.17, 15) is 19.4 Å². The number of hydrogen-bond donors (Lipinski definition) is 2. The molecule has 9 heteroatoms. The maximum absolute atomic E-state index is 12.9. The number of quaternary nitrogens is 1. The molecule has 0 rings (SSSR count). The van der Waals surface area contributed by atoms with Crippen molar-refractivity contribution in [2.45, 2.75) is 231 Å². The lowest BCUT2D eigenvalue weighted by Crippen LogP contribution is -2.45. The smallest absolute Gasteiger partial charge is 0.268 e. The molecule has 70 heavy (non-hydrogen) atoms. The van der Waals surface area contributed by atoms with E-state index < -0.39 is 26.6 Å². The number of carbonyl (C=O) groups is 1. The Morgan fingerprint density at radius 3 is 1.33 bits per heavy atom. The van der Waals surface area contributed by atoms with E-state index in [4.69, 9.17) is 9.05 Å². The van der Waals surface area contributed by atoms with E-state index in [2.05, 4.69) is 116 Å². The highest BCUT2D eigenvalue weighted by atomic mass is 31.2. The lowest BCUT2D eigenvalue weighted by molar-refractivity contribution is -0.870. The Labute approximate surface area is 431 Å². The van der Waals surface area contributed by atoms with E-state index in [0.717, 1.165) is 83.5 Å². The van der Waals surface area contributed by atoms with Crippen LogP contribution in [-0.2, 0) is 18.4 Å². The standard InChI is InChI=1S/C61H107N2O6P/c1-6-8-10-12-14-16-18-20-21-22-23-24-25-26-27-28-29-30-31-32-33-34-35-36-37-38-39-40-41-43-45-47-49-51-53-55-61(65)62-59(58-69-70(66,67)68-57-56-63(3,4)5)60(64)54-52-50-48-46-44-42-19-17-15-13-11-9-7-2/h8,10,14,16,20-21,23-24,26-27,29-30,32-33,44,46,52,54,59-60,64H,6-7,9,11-13,15,17-19,22,25,28,31,34-43,45,47-51,53,55-58H2,1-5H3,(H-,62,65,66,67)/b10-8-,16-14-,21-20-,24-23-,27-26-,30-29-,33-32-,46-44+,54-52+. The highest BCUT2D eigenvalue weighted by Crippen LogP contribution is 2.38. The highest BCUT2D eigenvalue weighted by molar-refractivity contribution is 7.45. The Morgan fingerprint density at radius 2 is 0.886 bits per heavy atom. The van der Waals surface area contributed by atoms with Crippen molar-refractivity contribution < 1.29 is 32.9 Å². The van der Waals surface area contributed by atoms with Gasteiger partial charge in [-0.2, -0.15) is 0 Å². The molecule has 0 aliphatic heterocycles. The molecule has 0 saturated heterocycles. The second-order valence-corrected chi connectivity index (χ2v) is 21.3. The summed E-state index contributed by atoms with van der Waals surface area (Å²) in [5, 5.41) is 13.8. The van der Waals surface area contributed by atoms with Crippen LogP contribution in [0.25, 0.3) is 0 Å². The molecule has 0 aliphatic rings. The van der Waals surface area contributed by atoms with Crippen molar-refractivity contribution in [2.75, 3.05) is 40.9 Å². The number of carbonyl (C=O) groups excluding carboxylic acids is 1. The van der Waals surface area contributed by atoms with Crippen LogP contribution < -0.4 is 10.2 Å². The first-order chi connectivity index (χ1) is 34.0. The summed E-state index contributed by atoms with van der Waals surface area (Å²) in [5.41, 5.74) is 0. The number of likely N-dealkylation sites (N-methyl/N-ethyl adjacent to an activating group) is 1. The first kappa shape index (κ1) is 67.2. The molecular weight excluding hydrogens is 888 g/mol. The monoisotopic (exact) mass is 995 g/mol. The topological polar surface area (TPSA) is 108 Å². The van der Waals surface area contributed by atoms with Crippen LogP contribution in [0.2, 0.25) is 0 Å². The Balaban J connectivity index is 4.11. The zero-order chi connectivity index (χ0) is 51.3. The van der Waals surface area contributed by atoms with Gasteiger partial charge in [-0.05, 0) is 89.9 Å². The summed E-state index contributed by atoms with van der Waals surface area (Å²) in [5.74, 6) is -0.214. The predicted molar refractivity (Wildman–Crippen MR) is 302 cm³/mol. The van der Waals surface area contributed by atoms with Gasteiger partial charge in [0.25, 0.3) is 7.82 Å². The predicted octanol–water partition coefficient (Wildman–Crippen LogP) is 16.6. The number of amides is 1.